The molecule has 0 aromatic carbocycles. The zero-order valence-electron chi connectivity index (χ0n) is 6.72. The van der Waals surface area contributed by atoms with Crippen molar-refractivity contribution in [2.24, 2.45) is 0 Å². The van der Waals surface area contributed by atoms with Gasteiger partial charge in [-0.25, -0.2) is 13.4 Å². The van der Waals surface area contributed by atoms with E-state index in [1.165, 1.54) is 0 Å². The Morgan fingerprint density at radius 1 is 1.27 bits per heavy atom. The van der Waals surface area contributed by atoms with Gasteiger partial charge in [-0.1, -0.05) is 0 Å². The van der Waals surface area contributed by atoms with Crippen molar-refractivity contribution in [1.29, 1.82) is 0 Å². The number of aromatic nitrogens is 1. The van der Waals surface area contributed by atoms with E-state index in [2.05, 4.69) is 4.98 Å². The highest BCUT2D eigenvalue weighted by Gasteiger charge is 2.33. The molecule has 9 heteroatoms. The van der Waals surface area contributed by atoms with Gasteiger partial charge >= 0.3 is 6.18 Å². The minimum atomic E-state index is -4.86. The van der Waals surface area contributed by atoms with E-state index in [0.717, 1.165) is 0 Å². The third-order valence-corrected chi connectivity index (χ3v) is 2.53. The van der Waals surface area contributed by atoms with Crippen LogP contribution in [0.3, 0.4) is 0 Å². The lowest BCUT2D eigenvalue weighted by atomic mass is 10.2. The van der Waals surface area contributed by atoms with Gasteiger partial charge in [0.2, 0.25) is 5.95 Å². The molecule has 1 heterocycles. The van der Waals surface area contributed by atoms with Crippen LogP contribution in [0.15, 0.2) is 17.2 Å². The summed E-state index contributed by atoms with van der Waals surface area (Å²) in [7, 11) is 0.241. The summed E-state index contributed by atoms with van der Waals surface area (Å²) in [5.74, 6) is -1.57. The summed E-state index contributed by atoms with van der Waals surface area (Å²) in [5, 5.41) is -1.17. The third-order valence-electron chi connectivity index (χ3n) is 1.35. The van der Waals surface area contributed by atoms with Crippen LogP contribution in [-0.2, 0) is 15.2 Å². The van der Waals surface area contributed by atoms with E-state index >= 15 is 0 Å². The molecule has 1 aromatic rings. The van der Waals surface area contributed by atoms with Gasteiger partial charge in [-0.3, -0.25) is 0 Å². The standard InChI is InChI=1S/C6H2ClF4NO2S/c7-15(13,14)5-2-3(6(9,10)11)1-4(8)12-5/h1-2H. The van der Waals surface area contributed by atoms with Gasteiger partial charge in [-0.2, -0.15) is 17.6 Å². The number of hydrogen-bond donors (Lipinski definition) is 0. The first-order valence-corrected chi connectivity index (χ1v) is 5.61. The fraction of sp³-hybridized carbons (Fsp3) is 0.167. The third kappa shape index (κ3) is 3.03. The van der Waals surface area contributed by atoms with Gasteiger partial charge in [0.1, 0.15) is 0 Å². The molecule has 15 heavy (non-hydrogen) atoms. The van der Waals surface area contributed by atoms with Gasteiger partial charge in [0.25, 0.3) is 9.05 Å². The van der Waals surface area contributed by atoms with Crippen LogP contribution in [0.5, 0.6) is 0 Å². The van der Waals surface area contributed by atoms with Crippen LogP contribution < -0.4 is 0 Å². The molecule has 0 radical (unpaired) electrons. The Bertz CT molecular complexity index is 484. The summed E-state index contributed by atoms with van der Waals surface area (Å²) in [6.45, 7) is 0. The van der Waals surface area contributed by atoms with Gasteiger partial charge in [0, 0.05) is 16.7 Å². The Hall–Kier alpha value is -0.890. The fourth-order valence-electron chi connectivity index (χ4n) is 0.761. The van der Waals surface area contributed by atoms with E-state index in [9.17, 15) is 26.0 Å². The number of hydrogen-bond acceptors (Lipinski definition) is 3. The van der Waals surface area contributed by atoms with Gasteiger partial charge in [0.05, 0.1) is 5.56 Å². The van der Waals surface area contributed by atoms with Crippen molar-refractivity contribution >= 4 is 19.7 Å². The van der Waals surface area contributed by atoms with E-state index in [4.69, 9.17) is 10.7 Å². The highest BCUT2D eigenvalue weighted by atomic mass is 35.7. The number of halogens is 5. The lowest BCUT2D eigenvalue weighted by Gasteiger charge is -2.06. The Morgan fingerprint density at radius 2 is 1.80 bits per heavy atom. The van der Waals surface area contributed by atoms with Crippen molar-refractivity contribution < 1.29 is 26.0 Å². The zero-order chi connectivity index (χ0) is 11.9. The van der Waals surface area contributed by atoms with Crippen molar-refractivity contribution in [3.63, 3.8) is 0 Å². The first kappa shape index (κ1) is 12.2. The predicted molar refractivity (Wildman–Crippen MR) is 42.2 cm³/mol. The van der Waals surface area contributed by atoms with Crippen LogP contribution in [0.1, 0.15) is 5.56 Å². The minimum absolute atomic E-state index is 0.0750. The highest BCUT2D eigenvalue weighted by Crippen LogP contribution is 2.30. The molecule has 0 amide bonds. The number of alkyl halides is 3. The summed E-state index contributed by atoms with van der Waals surface area (Å²) >= 11 is 0. The zero-order valence-corrected chi connectivity index (χ0v) is 8.29. The predicted octanol–water partition coefficient (Wildman–Crippen LogP) is 2.17. The summed E-state index contributed by atoms with van der Waals surface area (Å²) in [6.07, 6.45) is -4.86. The second kappa shape index (κ2) is 3.60. The normalized spacial score (nSPS) is 12.9. The molecule has 3 nitrogen and oxygen atoms in total. The molecule has 0 saturated carbocycles. The molecular weight excluding hydrogens is 262 g/mol. The Balaban J connectivity index is 3.43. The SMILES string of the molecule is O=S(=O)(Cl)c1cc(C(F)(F)F)cc(F)n1. The van der Waals surface area contributed by atoms with Crippen molar-refractivity contribution in [1.82, 2.24) is 4.98 Å². The Labute approximate surface area is 86.1 Å². The second-order valence-corrected chi connectivity index (χ2v) is 4.97. The van der Waals surface area contributed by atoms with Crippen molar-refractivity contribution in [2.45, 2.75) is 11.2 Å². The second-order valence-electron chi connectivity index (χ2n) is 2.45. The minimum Gasteiger partial charge on any atom is -0.207 e. The van der Waals surface area contributed by atoms with Gasteiger partial charge in [-0.15, -0.1) is 0 Å². The molecule has 0 fully saturated rings. The number of pyridine rings is 1. The van der Waals surface area contributed by atoms with Crippen LogP contribution in [0, 0.1) is 5.95 Å². The molecule has 0 bridgehead atoms. The van der Waals surface area contributed by atoms with Crippen LogP contribution >= 0.6 is 10.7 Å². The molecule has 0 spiro atoms. The average Bonchev–Trinajstić information content (AvgIpc) is 1.99. The lowest BCUT2D eigenvalue weighted by Crippen LogP contribution is -2.09. The van der Waals surface area contributed by atoms with E-state index in [1.54, 1.807) is 0 Å². The first-order chi connectivity index (χ1) is 6.60. The van der Waals surface area contributed by atoms with E-state index in [1.807, 2.05) is 0 Å². The molecule has 0 aliphatic heterocycles. The molecule has 1 rings (SSSR count). The molecule has 1 aromatic heterocycles. The summed E-state index contributed by atoms with van der Waals surface area (Å²) in [4.78, 5) is 2.73. The van der Waals surface area contributed by atoms with Gasteiger partial charge in [0.15, 0.2) is 5.03 Å². The maximum Gasteiger partial charge on any atom is 0.416 e. The van der Waals surface area contributed by atoms with Crippen LogP contribution in [0.2, 0.25) is 0 Å². The van der Waals surface area contributed by atoms with Crippen molar-refractivity contribution in [3.8, 4) is 0 Å². The molecule has 0 aliphatic carbocycles. The maximum atomic E-state index is 12.6. The molecule has 0 saturated heterocycles. The summed E-state index contributed by atoms with van der Waals surface area (Å²) in [5.41, 5.74) is -1.46. The number of rotatable bonds is 1. The summed E-state index contributed by atoms with van der Waals surface area (Å²) < 4.78 is 70.1. The van der Waals surface area contributed by atoms with E-state index < -0.39 is 31.8 Å². The molecule has 0 unspecified atom stereocenters. The maximum absolute atomic E-state index is 12.6. The lowest BCUT2D eigenvalue weighted by molar-refractivity contribution is -0.138. The van der Waals surface area contributed by atoms with E-state index in [0.29, 0.717) is 0 Å². The quantitative estimate of drug-likeness (QED) is 0.443. The van der Waals surface area contributed by atoms with Gasteiger partial charge in [-0.05, 0) is 6.07 Å². The topological polar surface area (TPSA) is 47.0 Å². The molecule has 0 N–H and O–H groups in total. The van der Waals surface area contributed by atoms with Crippen LogP contribution in [0.25, 0.3) is 0 Å². The highest BCUT2D eigenvalue weighted by molar-refractivity contribution is 8.13. The van der Waals surface area contributed by atoms with Crippen molar-refractivity contribution in [2.75, 3.05) is 0 Å². The molecular formula is C6H2ClF4NO2S. The first-order valence-electron chi connectivity index (χ1n) is 3.30. The van der Waals surface area contributed by atoms with Gasteiger partial charge < -0.3 is 0 Å². The van der Waals surface area contributed by atoms with Crippen LogP contribution in [-0.4, -0.2) is 13.4 Å². The largest absolute Gasteiger partial charge is 0.416 e. The average molecular weight is 264 g/mol. The Kier molecular flexibility index (Phi) is 2.92. The van der Waals surface area contributed by atoms with Crippen LogP contribution in [0.4, 0.5) is 17.6 Å². The fourth-order valence-corrected chi connectivity index (χ4v) is 1.46. The molecule has 0 aliphatic rings. The number of nitrogens with zero attached hydrogens (tertiary/aromatic N) is 1. The molecule has 0 atom stereocenters. The molecule has 84 valence electrons. The van der Waals surface area contributed by atoms with E-state index in [-0.39, 0.29) is 12.1 Å². The monoisotopic (exact) mass is 263 g/mol. The smallest absolute Gasteiger partial charge is 0.207 e. The Morgan fingerprint density at radius 3 is 2.20 bits per heavy atom. The van der Waals surface area contributed by atoms with Crippen molar-refractivity contribution in [3.05, 3.63) is 23.6 Å². The summed E-state index contributed by atoms with van der Waals surface area (Å²) in [6, 6.07) is 0.233.